The molecule has 140 valence electrons. The first-order valence-electron chi connectivity index (χ1n) is 8.49. The second kappa shape index (κ2) is 9.34. The van der Waals surface area contributed by atoms with Crippen molar-refractivity contribution in [1.82, 2.24) is 10.2 Å². The highest BCUT2D eigenvalue weighted by molar-refractivity contribution is 8.26. The Labute approximate surface area is 172 Å². The molecule has 0 aromatic heterocycles. The standard InChI is InChI=1S/C19H19N3O2S3/c1-13(11-14-5-3-2-4-6-14)12-15-17(24)22(19(25)27-15)9-7-16(23)21-18-20-8-10-26-18/h2-6,11-12H,7-10H2,1H3,(H,20,21,23)/b13-11-,15-12+. The molecule has 0 spiro atoms. The van der Waals surface area contributed by atoms with E-state index in [0.717, 1.165) is 23.4 Å². The van der Waals surface area contributed by atoms with Crippen molar-refractivity contribution in [1.29, 1.82) is 0 Å². The van der Waals surface area contributed by atoms with Crippen LogP contribution in [0.1, 0.15) is 18.9 Å². The van der Waals surface area contributed by atoms with Gasteiger partial charge in [-0.05, 0) is 24.1 Å². The van der Waals surface area contributed by atoms with Crippen LogP contribution in [0.2, 0.25) is 0 Å². The predicted octanol–water partition coefficient (Wildman–Crippen LogP) is 3.44. The average molecular weight is 418 g/mol. The van der Waals surface area contributed by atoms with Gasteiger partial charge in [0.15, 0.2) is 5.17 Å². The van der Waals surface area contributed by atoms with Gasteiger partial charge in [0, 0.05) is 18.7 Å². The molecule has 0 aliphatic carbocycles. The summed E-state index contributed by atoms with van der Waals surface area (Å²) in [4.78, 5) is 30.9. The number of hydrogen-bond donors (Lipinski definition) is 1. The first kappa shape index (κ1) is 19.9. The van der Waals surface area contributed by atoms with Crippen LogP contribution in [0.5, 0.6) is 0 Å². The lowest BCUT2D eigenvalue weighted by Crippen LogP contribution is -2.34. The lowest BCUT2D eigenvalue weighted by Gasteiger charge is -2.13. The molecule has 27 heavy (non-hydrogen) atoms. The Morgan fingerprint density at radius 2 is 2.15 bits per heavy atom. The highest BCUT2D eigenvalue weighted by atomic mass is 32.2. The van der Waals surface area contributed by atoms with Crippen molar-refractivity contribution in [2.75, 3.05) is 18.8 Å². The number of allylic oxidation sites excluding steroid dienone is 2. The number of carbonyl (C=O) groups is 2. The number of rotatable bonds is 5. The Balaban J connectivity index is 1.59. The predicted molar refractivity (Wildman–Crippen MR) is 118 cm³/mol. The van der Waals surface area contributed by atoms with E-state index in [-0.39, 0.29) is 24.8 Å². The molecule has 2 amide bonds. The molecule has 2 heterocycles. The average Bonchev–Trinajstić information content (AvgIpc) is 3.23. The maximum Gasteiger partial charge on any atom is 0.266 e. The third kappa shape index (κ3) is 5.54. The van der Waals surface area contributed by atoms with Gasteiger partial charge in [0.05, 0.1) is 11.4 Å². The first-order valence-corrected chi connectivity index (χ1v) is 10.7. The van der Waals surface area contributed by atoms with Crippen molar-refractivity contribution < 1.29 is 9.59 Å². The summed E-state index contributed by atoms with van der Waals surface area (Å²) < 4.78 is 0.485. The second-order valence-electron chi connectivity index (χ2n) is 5.97. The van der Waals surface area contributed by atoms with Crippen LogP contribution >= 0.6 is 35.7 Å². The fourth-order valence-corrected chi connectivity index (χ4v) is 4.66. The SMILES string of the molecule is CC(=C/c1ccccc1)/C=C1/SC(=S)N(CCC(=O)NC2=NCCS2)C1=O. The summed E-state index contributed by atoms with van der Waals surface area (Å²) in [5.74, 6) is 0.595. The van der Waals surface area contributed by atoms with Crippen molar-refractivity contribution >= 4 is 63.1 Å². The molecule has 8 heteroatoms. The summed E-state index contributed by atoms with van der Waals surface area (Å²) in [5, 5.41) is 3.42. The number of amides is 2. The molecule has 1 aromatic carbocycles. The Kier molecular flexibility index (Phi) is 6.87. The minimum absolute atomic E-state index is 0.147. The molecular weight excluding hydrogens is 398 g/mol. The van der Waals surface area contributed by atoms with Gasteiger partial charge in [-0.2, -0.15) is 0 Å². The number of carbonyl (C=O) groups excluding carboxylic acids is 2. The number of aliphatic imine (C=N–C) groups is 1. The fourth-order valence-electron chi connectivity index (χ4n) is 2.56. The molecule has 3 rings (SSSR count). The number of thiocarbonyl (C=S) groups is 1. The molecule has 1 N–H and O–H groups in total. The Hall–Kier alpha value is -1.90. The maximum atomic E-state index is 12.6. The minimum Gasteiger partial charge on any atom is -0.305 e. The molecule has 1 aromatic rings. The van der Waals surface area contributed by atoms with Gasteiger partial charge in [-0.3, -0.25) is 19.5 Å². The molecule has 1 fully saturated rings. The van der Waals surface area contributed by atoms with Crippen molar-refractivity contribution in [3.05, 3.63) is 52.4 Å². The van der Waals surface area contributed by atoms with Gasteiger partial charge in [-0.15, -0.1) is 0 Å². The normalized spacial score (nSPS) is 19.0. The molecule has 0 bridgehead atoms. The van der Waals surface area contributed by atoms with E-state index in [0.29, 0.717) is 14.4 Å². The quantitative estimate of drug-likeness (QED) is 0.587. The van der Waals surface area contributed by atoms with E-state index < -0.39 is 0 Å². The van der Waals surface area contributed by atoms with Crippen molar-refractivity contribution in [3.63, 3.8) is 0 Å². The van der Waals surface area contributed by atoms with E-state index in [1.807, 2.05) is 49.4 Å². The van der Waals surface area contributed by atoms with Crippen LogP contribution in [0.15, 0.2) is 51.9 Å². The zero-order chi connectivity index (χ0) is 19.2. The number of hydrogen-bond acceptors (Lipinski definition) is 6. The second-order valence-corrected chi connectivity index (χ2v) is 8.73. The van der Waals surface area contributed by atoms with Crippen LogP contribution < -0.4 is 5.32 Å². The molecule has 0 saturated carbocycles. The molecule has 2 aliphatic rings. The van der Waals surface area contributed by atoms with Gasteiger partial charge < -0.3 is 5.32 Å². The third-order valence-corrected chi connectivity index (χ3v) is 6.09. The largest absolute Gasteiger partial charge is 0.305 e. The zero-order valence-corrected chi connectivity index (χ0v) is 17.3. The minimum atomic E-state index is -0.152. The van der Waals surface area contributed by atoms with Crippen LogP contribution in [0.3, 0.4) is 0 Å². The van der Waals surface area contributed by atoms with E-state index in [1.54, 1.807) is 0 Å². The van der Waals surface area contributed by atoms with E-state index in [1.165, 1.54) is 28.4 Å². The Bertz CT molecular complexity index is 847. The lowest BCUT2D eigenvalue weighted by atomic mass is 10.1. The van der Waals surface area contributed by atoms with E-state index in [9.17, 15) is 9.59 Å². The van der Waals surface area contributed by atoms with Crippen molar-refractivity contribution in [2.24, 2.45) is 4.99 Å². The highest BCUT2D eigenvalue weighted by Crippen LogP contribution is 2.32. The Morgan fingerprint density at radius 1 is 1.37 bits per heavy atom. The summed E-state index contributed by atoms with van der Waals surface area (Å²) in [6, 6.07) is 9.92. The van der Waals surface area contributed by atoms with Gasteiger partial charge >= 0.3 is 0 Å². The first-order chi connectivity index (χ1) is 13.0. The van der Waals surface area contributed by atoms with Crippen molar-refractivity contribution in [3.8, 4) is 0 Å². The van der Waals surface area contributed by atoms with Gasteiger partial charge in [0.1, 0.15) is 4.32 Å². The molecule has 5 nitrogen and oxygen atoms in total. The summed E-state index contributed by atoms with van der Waals surface area (Å²) >= 11 is 8.12. The number of benzene rings is 1. The van der Waals surface area contributed by atoms with Gasteiger partial charge in [0.25, 0.3) is 5.91 Å². The monoisotopic (exact) mass is 417 g/mol. The number of thioether (sulfide) groups is 2. The highest BCUT2D eigenvalue weighted by Gasteiger charge is 2.32. The van der Waals surface area contributed by atoms with Crippen LogP contribution in [0.4, 0.5) is 0 Å². The summed E-state index contributed by atoms with van der Waals surface area (Å²) in [5.41, 5.74) is 2.04. The molecule has 0 radical (unpaired) electrons. The van der Waals surface area contributed by atoms with Gasteiger partial charge in [-0.1, -0.05) is 72.1 Å². The summed E-state index contributed by atoms with van der Waals surface area (Å²) in [6.07, 6.45) is 4.05. The lowest BCUT2D eigenvalue weighted by molar-refractivity contribution is -0.123. The maximum absolute atomic E-state index is 12.6. The zero-order valence-electron chi connectivity index (χ0n) is 14.8. The topological polar surface area (TPSA) is 61.8 Å². The third-order valence-electron chi connectivity index (χ3n) is 3.82. The fraction of sp³-hybridized carbons (Fsp3) is 0.263. The van der Waals surface area contributed by atoms with E-state index in [2.05, 4.69) is 10.3 Å². The van der Waals surface area contributed by atoms with Crippen LogP contribution in [0.25, 0.3) is 6.08 Å². The van der Waals surface area contributed by atoms with Gasteiger partial charge in [0.2, 0.25) is 5.91 Å². The van der Waals surface area contributed by atoms with Crippen LogP contribution in [0, 0.1) is 0 Å². The summed E-state index contributed by atoms with van der Waals surface area (Å²) in [7, 11) is 0. The molecule has 0 atom stereocenters. The van der Waals surface area contributed by atoms with Crippen molar-refractivity contribution in [2.45, 2.75) is 13.3 Å². The molecule has 0 unspecified atom stereocenters. The number of nitrogens with one attached hydrogen (secondary N) is 1. The molecule has 2 aliphatic heterocycles. The molecular formula is C19H19N3O2S3. The van der Waals surface area contributed by atoms with E-state index in [4.69, 9.17) is 12.2 Å². The van der Waals surface area contributed by atoms with Crippen LogP contribution in [-0.2, 0) is 9.59 Å². The van der Waals surface area contributed by atoms with Gasteiger partial charge in [-0.25, -0.2) is 0 Å². The van der Waals surface area contributed by atoms with Crippen LogP contribution in [-0.4, -0.2) is 45.0 Å². The number of nitrogens with zero attached hydrogens (tertiary/aromatic N) is 2. The van der Waals surface area contributed by atoms with E-state index >= 15 is 0 Å². The molecule has 1 saturated heterocycles. The number of amidine groups is 1. The smallest absolute Gasteiger partial charge is 0.266 e. The summed E-state index contributed by atoms with van der Waals surface area (Å²) in [6.45, 7) is 2.95. The Morgan fingerprint density at radius 3 is 2.85 bits per heavy atom.